The summed E-state index contributed by atoms with van der Waals surface area (Å²) in [5.41, 5.74) is 3.46. The number of nitrogens with one attached hydrogen (secondary N) is 1. The highest BCUT2D eigenvalue weighted by Crippen LogP contribution is 2.28. The van der Waals surface area contributed by atoms with Crippen LogP contribution < -0.4 is 5.32 Å². The molecule has 0 aliphatic heterocycles. The molecule has 1 aromatic carbocycles. The summed E-state index contributed by atoms with van der Waals surface area (Å²) < 4.78 is 2.11. The number of aromatic nitrogens is 1. The van der Waals surface area contributed by atoms with Crippen LogP contribution in [0.5, 0.6) is 0 Å². The van der Waals surface area contributed by atoms with E-state index >= 15 is 0 Å². The molecule has 0 amide bonds. The van der Waals surface area contributed by atoms with Gasteiger partial charge in [-0.1, -0.05) is 15.9 Å². The van der Waals surface area contributed by atoms with Crippen LogP contribution in [0.4, 0.5) is 11.5 Å². The highest BCUT2D eigenvalue weighted by atomic mass is 79.9. The summed E-state index contributed by atoms with van der Waals surface area (Å²) in [7, 11) is 0. The molecule has 0 atom stereocenters. The lowest BCUT2D eigenvalue weighted by Crippen LogP contribution is -1.96. The highest BCUT2D eigenvalue weighted by molar-refractivity contribution is 9.11. The lowest BCUT2D eigenvalue weighted by molar-refractivity contribution is 1.27. The zero-order chi connectivity index (χ0) is 12.4. The number of hydrogen-bond acceptors (Lipinski definition) is 2. The van der Waals surface area contributed by atoms with E-state index in [0.717, 1.165) is 20.5 Å². The largest absolute Gasteiger partial charge is 0.339 e. The molecule has 0 saturated carbocycles. The molecule has 88 valence electrons. The predicted octanol–water partition coefficient (Wildman–Crippen LogP) is 4.97. The van der Waals surface area contributed by atoms with E-state index in [2.05, 4.69) is 68.1 Å². The summed E-state index contributed by atoms with van der Waals surface area (Å²) in [4.78, 5) is 4.29. The molecule has 1 aromatic heterocycles. The van der Waals surface area contributed by atoms with Crippen molar-refractivity contribution in [2.75, 3.05) is 5.32 Å². The first-order valence-corrected chi connectivity index (χ1v) is 6.81. The standard InChI is InChI=1S/C13H12Br2N2/c1-8-6-10(7-9(2)12(8)15)17-13-11(14)4-3-5-16-13/h3-7H,1-2H3,(H,16,17). The van der Waals surface area contributed by atoms with Crippen molar-refractivity contribution in [1.82, 2.24) is 4.98 Å². The van der Waals surface area contributed by atoms with E-state index in [1.165, 1.54) is 11.1 Å². The number of halogens is 2. The summed E-state index contributed by atoms with van der Waals surface area (Å²) in [6.45, 7) is 4.16. The minimum Gasteiger partial charge on any atom is -0.339 e. The van der Waals surface area contributed by atoms with Gasteiger partial charge in [-0.05, 0) is 65.2 Å². The number of nitrogens with zero attached hydrogens (tertiary/aromatic N) is 1. The van der Waals surface area contributed by atoms with Crippen molar-refractivity contribution in [2.45, 2.75) is 13.8 Å². The number of anilines is 2. The Hall–Kier alpha value is -0.870. The quantitative estimate of drug-likeness (QED) is 0.822. The molecule has 0 radical (unpaired) electrons. The summed E-state index contributed by atoms with van der Waals surface area (Å²) >= 11 is 7.03. The van der Waals surface area contributed by atoms with Crippen molar-refractivity contribution < 1.29 is 0 Å². The maximum absolute atomic E-state index is 4.29. The maximum atomic E-state index is 4.29. The first-order valence-electron chi connectivity index (χ1n) is 5.22. The lowest BCUT2D eigenvalue weighted by atomic mass is 10.1. The van der Waals surface area contributed by atoms with Crippen LogP contribution in [0.1, 0.15) is 11.1 Å². The first kappa shape index (κ1) is 12.6. The van der Waals surface area contributed by atoms with Crippen LogP contribution in [-0.2, 0) is 0 Å². The van der Waals surface area contributed by atoms with Gasteiger partial charge in [0.15, 0.2) is 0 Å². The fraction of sp³-hybridized carbons (Fsp3) is 0.154. The van der Waals surface area contributed by atoms with E-state index in [9.17, 15) is 0 Å². The van der Waals surface area contributed by atoms with Gasteiger partial charge >= 0.3 is 0 Å². The smallest absolute Gasteiger partial charge is 0.144 e. The predicted molar refractivity (Wildman–Crippen MR) is 78.8 cm³/mol. The van der Waals surface area contributed by atoms with Crippen molar-refractivity contribution in [1.29, 1.82) is 0 Å². The van der Waals surface area contributed by atoms with Crippen molar-refractivity contribution in [3.63, 3.8) is 0 Å². The SMILES string of the molecule is Cc1cc(Nc2ncccc2Br)cc(C)c1Br. The van der Waals surface area contributed by atoms with Gasteiger partial charge in [0.25, 0.3) is 0 Å². The Balaban J connectivity index is 2.34. The number of aryl methyl sites for hydroxylation is 2. The second kappa shape index (κ2) is 5.19. The van der Waals surface area contributed by atoms with E-state index in [-0.39, 0.29) is 0 Å². The average molecular weight is 356 g/mol. The van der Waals surface area contributed by atoms with E-state index < -0.39 is 0 Å². The molecule has 17 heavy (non-hydrogen) atoms. The Labute approximate surface area is 118 Å². The average Bonchev–Trinajstić information content (AvgIpc) is 2.29. The summed E-state index contributed by atoms with van der Waals surface area (Å²) in [5, 5.41) is 3.30. The molecule has 0 spiro atoms. The maximum Gasteiger partial charge on any atom is 0.144 e. The van der Waals surface area contributed by atoms with Gasteiger partial charge in [0.2, 0.25) is 0 Å². The van der Waals surface area contributed by atoms with Crippen LogP contribution in [0.3, 0.4) is 0 Å². The van der Waals surface area contributed by atoms with Gasteiger partial charge in [-0.2, -0.15) is 0 Å². The van der Waals surface area contributed by atoms with Crippen molar-refractivity contribution in [2.24, 2.45) is 0 Å². The third-order valence-electron chi connectivity index (χ3n) is 2.46. The fourth-order valence-electron chi connectivity index (χ4n) is 1.63. The van der Waals surface area contributed by atoms with Crippen LogP contribution in [-0.4, -0.2) is 4.98 Å². The second-order valence-electron chi connectivity index (χ2n) is 3.88. The van der Waals surface area contributed by atoms with Gasteiger partial charge < -0.3 is 5.32 Å². The number of benzene rings is 1. The third kappa shape index (κ3) is 2.87. The molecule has 2 rings (SSSR count). The van der Waals surface area contributed by atoms with E-state index in [1.807, 2.05) is 12.1 Å². The minimum atomic E-state index is 0.827. The molecule has 0 aliphatic rings. The first-order chi connectivity index (χ1) is 8.08. The summed E-state index contributed by atoms with van der Waals surface area (Å²) in [5.74, 6) is 0.827. The van der Waals surface area contributed by atoms with Crippen LogP contribution in [0.25, 0.3) is 0 Å². The Morgan fingerprint density at radius 3 is 2.35 bits per heavy atom. The summed E-state index contributed by atoms with van der Waals surface area (Å²) in [6.07, 6.45) is 1.77. The lowest BCUT2D eigenvalue weighted by Gasteiger charge is -2.10. The van der Waals surface area contributed by atoms with E-state index in [0.29, 0.717) is 0 Å². The van der Waals surface area contributed by atoms with Crippen LogP contribution in [0, 0.1) is 13.8 Å². The normalized spacial score (nSPS) is 10.4. The van der Waals surface area contributed by atoms with Gasteiger partial charge in [-0.25, -0.2) is 4.98 Å². The number of pyridine rings is 1. The molecule has 0 fully saturated rings. The van der Waals surface area contributed by atoms with Gasteiger partial charge in [-0.15, -0.1) is 0 Å². The van der Waals surface area contributed by atoms with Crippen molar-refractivity contribution >= 4 is 43.4 Å². The van der Waals surface area contributed by atoms with E-state index in [1.54, 1.807) is 6.20 Å². The Morgan fingerprint density at radius 2 is 1.76 bits per heavy atom. The van der Waals surface area contributed by atoms with Crippen LogP contribution in [0.2, 0.25) is 0 Å². The van der Waals surface area contributed by atoms with Gasteiger partial charge in [0.05, 0.1) is 4.47 Å². The minimum absolute atomic E-state index is 0.827. The monoisotopic (exact) mass is 354 g/mol. The zero-order valence-corrected chi connectivity index (χ0v) is 12.8. The molecule has 0 aliphatic carbocycles. The van der Waals surface area contributed by atoms with Crippen molar-refractivity contribution in [3.8, 4) is 0 Å². The highest BCUT2D eigenvalue weighted by Gasteiger charge is 2.04. The Morgan fingerprint density at radius 1 is 1.12 bits per heavy atom. The third-order valence-corrected chi connectivity index (χ3v) is 4.35. The van der Waals surface area contributed by atoms with Gasteiger partial charge in [0, 0.05) is 16.4 Å². The molecule has 1 N–H and O–H groups in total. The second-order valence-corrected chi connectivity index (χ2v) is 5.53. The molecule has 2 nitrogen and oxygen atoms in total. The zero-order valence-electron chi connectivity index (χ0n) is 9.59. The molecule has 1 heterocycles. The molecule has 0 bridgehead atoms. The fourth-order valence-corrected chi connectivity index (χ4v) is 2.22. The van der Waals surface area contributed by atoms with Crippen LogP contribution in [0.15, 0.2) is 39.4 Å². The van der Waals surface area contributed by atoms with Crippen molar-refractivity contribution in [3.05, 3.63) is 50.5 Å². The molecule has 0 unspecified atom stereocenters. The molecular formula is C13H12Br2N2. The summed E-state index contributed by atoms with van der Waals surface area (Å²) in [6, 6.07) is 8.05. The van der Waals surface area contributed by atoms with E-state index in [4.69, 9.17) is 0 Å². The Bertz CT molecular complexity index is 530. The molecule has 0 saturated heterocycles. The Kier molecular flexibility index (Phi) is 3.84. The van der Waals surface area contributed by atoms with Gasteiger partial charge in [-0.3, -0.25) is 0 Å². The van der Waals surface area contributed by atoms with Gasteiger partial charge in [0.1, 0.15) is 5.82 Å². The molecular weight excluding hydrogens is 344 g/mol. The number of hydrogen-bond donors (Lipinski definition) is 1. The molecule has 4 heteroatoms. The number of rotatable bonds is 2. The van der Waals surface area contributed by atoms with Crippen LogP contribution >= 0.6 is 31.9 Å². The molecule has 2 aromatic rings. The topological polar surface area (TPSA) is 24.9 Å².